The monoisotopic (exact) mass is 364 g/mol. The average Bonchev–Trinajstić information content (AvgIpc) is 2.58. The van der Waals surface area contributed by atoms with E-state index in [4.69, 9.17) is 9.47 Å². The number of ether oxygens (including phenoxy) is 2. The van der Waals surface area contributed by atoms with Crippen LogP contribution in [0.4, 0.5) is 0 Å². The van der Waals surface area contributed by atoms with Gasteiger partial charge in [0, 0.05) is 5.56 Å². The Balaban J connectivity index is 1.95. The lowest BCUT2D eigenvalue weighted by Gasteiger charge is -2.11. The fraction of sp³-hybridized carbons (Fsp3) is 0.278. The maximum atomic E-state index is 12.1. The molecule has 0 heterocycles. The molecule has 0 spiro atoms. The molecule has 7 heteroatoms. The van der Waals surface area contributed by atoms with E-state index in [9.17, 15) is 13.2 Å². The van der Waals surface area contributed by atoms with Crippen molar-refractivity contribution in [2.75, 3.05) is 13.4 Å². The van der Waals surface area contributed by atoms with Gasteiger partial charge in [0.2, 0.25) is 0 Å². The van der Waals surface area contributed by atoms with Crippen molar-refractivity contribution in [3.63, 3.8) is 0 Å². The minimum atomic E-state index is -3.68. The van der Waals surface area contributed by atoms with E-state index in [-0.39, 0.29) is 0 Å². The van der Waals surface area contributed by atoms with Crippen molar-refractivity contribution in [1.29, 1.82) is 0 Å². The molecule has 0 saturated heterocycles. The second-order valence-electron chi connectivity index (χ2n) is 5.47. The van der Waals surface area contributed by atoms with Crippen molar-refractivity contribution in [1.82, 2.24) is 0 Å². The Morgan fingerprint density at radius 2 is 1.56 bits per heavy atom. The summed E-state index contributed by atoms with van der Waals surface area (Å²) in [5, 5.41) is 0. The molecule has 0 aliphatic heterocycles. The summed E-state index contributed by atoms with van der Waals surface area (Å²) in [7, 11) is -2.08. The standard InChI is InChI=1S/C18H20O6S/c1-13(24-25(3,20)21)18(19)15-6-10-17(11-7-15)23-12-14-4-8-16(22-2)9-5-14/h4-11,13H,12H2,1-3H3/t13-/m1/s1. The zero-order chi connectivity index (χ0) is 18.4. The Kier molecular flexibility index (Phi) is 6.17. The SMILES string of the molecule is COc1ccc(COc2ccc(C(=O)[C@@H](C)OS(C)(=O)=O)cc2)cc1. The molecule has 2 rings (SSSR count). The van der Waals surface area contributed by atoms with E-state index < -0.39 is 22.0 Å². The largest absolute Gasteiger partial charge is 0.497 e. The molecule has 0 amide bonds. The number of ketones is 1. The maximum absolute atomic E-state index is 12.1. The molecule has 2 aromatic rings. The van der Waals surface area contributed by atoms with Crippen molar-refractivity contribution < 1.29 is 26.9 Å². The third kappa shape index (κ3) is 5.88. The first-order valence-electron chi connectivity index (χ1n) is 7.57. The molecule has 0 saturated carbocycles. The number of hydrogen-bond donors (Lipinski definition) is 0. The van der Waals surface area contributed by atoms with Crippen molar-refractivity contribution in [3.8, 4) is 11.5 Å². The highest BCUT2D eigenvalue weighted by Crippen LogP contribution is 2.17. The first kappa shape index (κ1) is 19.0. The van der Waals surface area contributed by atoms with E-state index in [0.29, 0.717) is 17.9 Å². The Hall–Kier alpha value is -2.38. The van der Waals surface area contributed by atoms with Crippen LogP contribution in [0.25, 0.3) is 0 Å². The smallest absolute Gasteiger partial charge is 0.265 e. The van der Waals surface area contributed by atoms with Gasteiger partial charge < -0.3 is 9.47 Å². The summed E-state index contributed by atoms with van der Waals surface area (Å²) in [5.74, 6) is 0.966. The zero-order valence-corrected chi connectivity index (χ0v) is 15.1. The molecule has 1 atom stereocenters. The average molecular weight is 364 g/mol. The Labute approximate surface area is 147 Å². The van der Waals surface area contributed by atoms with Gasteiger partial charge in [0.1, 0.15) is 24.2 Å². The number of benzene rings is 2. The lowest BCUT2D eigenvalue weighted by atomic mass is 10.1. The van der Waals surface area contributed by atoms with Crippen LogP contribution in [-0.4, -0.2) is 33.7 Å². The highest BCUT2D eigenvalue weighted by molar-refractivity contribution is 7.86. The second kappa shape index (κ2) is 8.13. The van der Waals surface area contributed by atoms with Crippen molar-refractivity contribution in [2.45, 2.75) is 19.6 Å². The fourth-order valence-electron chi connectivity index (χ4n) is 2.14. The van der Waals surface area contributed by atoms with Gasteiger partial charge in [0.15, 0.2) is 5.78 Å². The Morgan fingerprint density at radius 1 is 1.00 bits per heavy atom. The van der Waals surface area contributed by atoms with Crippen LogP contribution in [0.1, 0.15) is 22.8 Å². The summed E-state index contributed by atoms with van der Waals surface area (Å²) in [6.07, 6.45) is -0.159. The molecule has 6 nitrogen and oxygen atoms in total. The maximum Gasteiger partial charge on any atom is 0.265 e. The summed E-state index contributed by atoms with van der Waals surface area (Å²) in [6, 6.07) is 14.0. The predicted molar refractivity (Wildman–Crippen MR) is 93.5 cm³/mol. The Bertz CT molecular complexity index is 810. The van der Waals surface area contributed by atoms with Gasteiger partial charge in [0.05, 0.1) is 13.4 Å². The van der Waals surface area contributed by atoms with Crippen LogP contribution in [0.5, 0.6) is 11.5 Å². The molecular weight excluding hydrogens is 344 g/mol. The van der Waals surface area contributed by atoms with Gasteiger partial charge in [-0.3, -0.25) is 8.98 Å². The van der Waals surface area contributed by atoms with Crippen LogP contribution in [0, 0.1) is 0 Å². The molecule has 134 valence electrons. The van der Waals surface area contributed by atoms with Gasteiger partial charge in [-0.05, 0) is 48.9 Å². The van der Waals surface area contributed by atoms with Crippen molar-refractivity contribution in [3.05, 3.63) is 59.7 Å². The van der Waals surface area contributed by atoms with Gasteiger partial charge in [-0.1, -0.05) is 12.1 Å². The van der Waals surface area contributed by atoms with Crippen LogP contribution >= 0.6 is 0 Å². The Morgan fingerprint density at radius 3 is 2.08 bits per heavy atom. The van der Waals surface area contributed by atoms with Gasteiger partial charge >= 0.3 is 0 Å². The van der Waals surface area contributed by atoms with E-state index in [1.54, 1.807) is 31.4 Å². The van der Waals surface area contributed by atoms with Gasteiger partial charge in [-0.25, -0.2) is 0 Å². The van der Waals surface area contributed by atoms with Gasteiger partial charge in [0.25, 0.3) is 10.1 Å². The molecule has 0 unspecified atom stereocenters. The van der Waals surface area contributed by atoms with Crippen LogP contribution in [0.15, 0.2) is 48.5 Å². The number of rotatable bonds is 8. The number of carbonyl (C=O) groups is 1. The lowest BCUT2D eigenvalue weighted by Crippen LogP contribution is -2.23. The van der Waals surface area contributed by atoms with E-state index in [1.165, 1.54) is 6.92 Å². The minimum absolute atomic E-state index is 0.355. The summed E-state index contributed by atoms with van der Waals surface area (Å²) < 4.78 is 37.6. The van der Waals surface area contributed by atoms with Crippen LogP contribution < -0.4 is 9.47 Å². The number of methoxy groups -OCH3 is 1. The normalized spacial score (nSPS) is 12.4. The molecule has 0 bridgehead atoms. The number of Topliss-reactive ketones (excluding diaryl/α,β-unsaturated/α-hetero) is 1. The third-order valence-electron chi connectivity index (χ3n) is 3.39. The molecular formula is C18H20O6S. The zero-order valence-electron chi connectivity index (χ0n) is 14.3. The molecule has 0 aliphatic rings. The summed E-state index contributed by atoms with van der Waals surface area (Å²) in [5.41, 5.74) is 1.34. The molecule has 0 aromatic heterocycles. The first-order valence-corrected chi connectivity index (χ1v) is 9.38. The number of carbonyl (C=O) groups excluding carboxylic acids is 1. The highest BCUT2D eigenvalue weighted by atomic mass is 32.2. The lowest BCUT2D eigenvalue weighted by molar-refractivity contribution is 0.0827. The fourth-order valence-corrected chi connectivity index (χ4v) is 2.76. The predicted octanol–water partition coefficient (Wildman–Crippen LogP) is 2.82. The number of hydrogen-bond acceptors (Lipinski definition) is 6. The van der Waals surface area contributed by atoms with E-state index in [0.717, 1.165) is 17.6 Å². The van der Waals surface area contributed by atoms with Crippen molar-refractivity contribution in [2.24, 2.45) is 0 Å². The molecule has 25 heavy (non-hydrogen) atoms. The van der Waals surface area contributed by atoms with E-state index in [1.807, 2.05) is 24.3 Å². The molecule has 0 N–H and O–H groups in total. The quantitative estimate of drug-likeness (QED) is 0.529. The van der Waals surface area contributed by atoms with Gasteiger partial charge in [-0.2, -0.15) is 8.42 Å². The molecule has 2 aromatic carbocycles. The highest BCUT2D eigenvalue weighted by Gasteiger charge is 2.20. The second-order valence-corrected chi connectivity index (χ2v) is 7.07. The molecule has 0 radical (unpaired) electrons. The van der Waals surface area contributed by atoms with Crippen LogP contribution in [0.2, 0.25) is 0 Å². The minimum Gasteiger partial charge on any atom is -0.497 e. The molecule has 0 aliphatic carbocycles. The molecule has 0 fully saturated rings. The first-order chi connectivity index (χ1) is 11.8. The third-order valence-corrected chi connectivity index (χ3v) is 4.03. The van der Waals surface area contributed by atoms with Gasteiger partial charge in [-0.15, -0.1) is 0 Å². The van der Waals surface area contributed by atoms with Crippen LogP contribution in [0.3, 0.4) is 0 Å². The van der Waals surface area contributed by atoms with Crippen LogP contribution in [-0.2, 0) is 20.9 Å². The summed E-state index contributed by atoms with van der Waals surface area (Å²) in [6.45, 7) is 1.78. The van der Waals surface area contributed by atoms with E-state index >= 15 is 0 Å². The summed E-state index contributed by atoms with van der Waals surface area (Å²) >= 11 is 0. The summed E-state index contributed by atoms with van der Waals surface area (Å²) in [4.78, 5) is 12.1. The topological polar surface area (TPSA) is 78.9 Å². The van der Waals surface area contributed by atoms with Crippen molar-refractivity contribution >= 4 is 15.9 Å². The van der Waals surface area contributed by atoms with E-state index in [2.05, 4.69) is 4.18 Å².